The summed E-state index contributed by atoms with van der Waals surface area (Å²) in [4.78, 5) is 0. The molecule has 6 aromatic rings. The van der Waals surface area contributed by atoms with Gasteiger partial charge in [0, 0.05) is 21.9 Å². The van der Waals surface area contributed by atoms with E-state index in [-0.39, 0.29) is 0 Å². The number of benzene rings is 5. The number of para-hydroxylation sites is 2. The first-order chi connectivity index (χ1) is 17.8. The Labute approximate surface area is 211 Å². The fraction of sp³-hybridized carbons (Fsp3) is 0.143. The molecule has 2 aliphatic rings. The molecule has 5 aromatic carbocycles. The first-order valence-electron chi connectivity index (χ1n) is 13.1. The summed E-state index contributed by atoms with van der Waals surface area (Å²) >= 11 is 0. The number of hydrogen-bond acceptors (Lipinski definition) is 1. The van der Waals surface area contributed by atoms with Gasteiger partial charge in [-0.3, -0.25) is 0 Å². The van der Waals surface area contributed by atoms with Crippen molar-refractivity contribution in [2.75, 3.05) is 0 Å². The van der Waals surface area contributed by atoms with Crippen LogP contribution in [-0.2, 0) is 19.3 Å². The summed E-state index contributed by atoms with van der Waals surface area (Å²) in [6, 6.07) is 35.8. The first-order valence-corrected chi connectivity index (χ1v) is 13.1. The van der Waals surface area contributed by atoms with Crippen LogP contribution in [0, 0.1) is 0 Å². The zero-order chi connectivity index (χ0) is 23.6. The van der Waals surface area contributed by atoms with Crippen LogP contribution in [0.2, 0.25) is 0 Å². The lowest BCUT2D eigenvalue weighted by molar-refractivity contribution is 0.671. The van der Waals surface area contributed by atoms with Crippen LogP contribution >= 0.6 is 0 Å². The Morgan fingerprint density at radius 3 is 1.83 bits per heavy atom. The number of rotatable bonds is 2. The summed E-state index contributed by atoms with van der Waals surface area (Å²) in [5.74, 6) is 0. The van der Waals surface area contributed by atoms with Gasteiger partial charge in [-0.25, -0.2) is 0 Å². The maximum Gasteiger partial charge on any atom is 0.143 e. The van der Waals surface area contributed by atoms with Gasteiger partial charge in [-0.2, -0.15) is 0 Å². The minimum atomic E-state index is 0.976. The fourth-order valence-electron chi connectivity index (χ4n) is 6.47. The lowest BCUT2D eigenvalue weighted by atomic mass is 9.89. The van der Waals surface area contributed by atoms with Crippen LogP contribution in [-0.4, -0.2) is 0 Å². The number of hydrogen-bond donors (Lipinski definition) is 0. The van der Waals surface area contributed by atoms with Crippen molar-refractivity contribution in [2.24, 2.45) is 0 Å². The predicted octanol–water partition coefficient (Wildman–Crippen LogP) is 9.37. The number of furan rings is 1. The second-order valence-electron chi connectivity index (χ2n) is 10.4. The van der Waals surface area contributed by atoms with Crippen LogP contribution in [0.25, 0.3) is 55.3 Å². The molecule has 0 amide bonds. The van der Waals surface area contributed by atoms with Gasteiger partial charge in [0.25, 0.3) is 0 Å². The Balaban J connectivity index is 1.31. The van der Waals surface area contributed by atoms with Gasteiger partial charge in [0.15, 0.2) is 0 Å². The molecule has 0 unspecified atom stereocenters. The van der Waals surface area contributed by atoms with Crippen molar-refractivity contribution >= 4 is 21.9 Å². The molecule has 0 saturated heterocycles. The first kappa shape index (κ1) is 20.1. The number of aryl methyl sites for hydroxylation is 2. The molecular formula is C35H26O. The highest BCUT2D eigenvalue weighted by Gasteiger charge is 2.21. The molecule has 0 saturated carbocycles. The molecule has 172 valence electrons. The van der Waals surface area contributed by atoms with Crippen LogP contribution in [0.3, 0.4) is 0 Å². The molecule has 0 aliphatic heterocycles. The Kier molecular flexibility index (Phi) is 4.30. The van der Waals surface area contributed by atoms with Crippen molar-refractivity contribution in [2.45, 2.75) is 32.1 Å². The van der Waals surface area contributed by atoms with Crippen LogP contribution in [0.4, 0.5) is 0 Å². The van der Waals surface area contributed by atoms with Crippen LogP contribution in [0.15, 0.2) is 101 Å². The van der Waals surface area contributed by atoms with Crippen molar-refractivity contribution in [3.05, 3.63) is 119 Å². The highest BCUT2D eigenvalue weighted by atomic mass is 16.3. The van der Waals surface area contributed by atoms with Gasteiger partial charge in [0.05, 0.1) is 0 Å². The van der Waals surface area contributed by atoms with Gasteiger partial charge in [-0.05, 0) is 82.7 Å². The summed E-state index contributed by atoms with van der Waals surface area (Å²) < 4.78 is 6.76. The quantitative estimate of drug-likeness (QED) is 0.249. The van der Waals surface area contributed by atoms with E-state index < -0.39 is 0 Å². The fourth-order valence-corrected chi connectivity index (χ4v) is 6.47. The van der Waals surface area contributed by atoms with Gasteiger partial charge in [0.2, 0.25) is 0 Å². The van der Waals surface area contributed by atoms with Gasteiger partial charge >= 0.3 is 0 Å². The molecule has 0 spiro atoms. The Morgan fingerprint density at radius 1 is 0.444 bits per heavy atom. The van der Waals surface area contributed by atoms with E-state index in [9.17, 15) is 0 Å². The molecule has 0 N–H and O–H groups in total. The smallest absolute Gasteiger partial charge is 0.143 e. The van der Waals surface area contributed by atoms with Gasteiger partial charge in [-0.15, -0.1) is 0 Å². The second kappa shape index (κ2) is 7.70. The largest absolute Gasteiger partial charge is 0.455 e. The molecule has 1 nitrogen and oxygen atoms in total. The van der Waals surface area contributed by atoms with Crippen LogP contribution in [0.5, 0.6) is 0 Å². The van der Waals surface area contributed by atoms with E-state index in [2.05, 4.69) is 97.1 Å². The maximum atomic E-state index is 6.76. The third-order valence-electron chi connectivity index (χ3n) is 8.29. The average molecular weight is 463 g/mol. The molecule has 1 heteroatoms. The third kappa shape index (κ3) is 2.96. The number of fused-ring (bicyclic) bond motifs is 7. The SMILES string of the molecule is c1ccc2c(c1)Cc1ccc(-c3cccc4c3oc3c(-c5ccc6c(c5)CCCC6)cccc34)cc1-2. The van der Waals surface area contributed by atoms with E-state index in [4.69, 9.17) is 4.42 Å². The molecule has 8 rings (SSSR count). The molecular weight excluding hydrogens is 436 g/mol. The monoisotopic (exact) mass is 462 g/mol. The summed E-state index contributed by atoms with van der Waals surface area (Å²) in [6.07, 6.45) is 6.01. The van der Waals surface area contributed by atoms with E-state index in [1.54, 1.807) is 0 Å². The minimum Gasteiger partial charge on any atom is -0.455 e. The summed E-state index contributed by atoms with van der Waals surface area (Å²) in [7, 11) is 0. The van der Waals surface area contributed by atoms with E-state index in [1.807, 2.05) is 0 Å². The molecule has 1 heterocycles. The van der Waals surface area contributed by atoms with Crippen molar-refractivity contribution in [1.82, 2.24) is 0 Å². The van der Waals surface area contributed by atoms with Crippen LogP contribution < -0.4 is 0 Å². The maximum absolute atomic E-state index is 6.76. The van der Waals surface area contributed by atoms with E-state index in [0.717, 1.165) is 23.2 Å². The van der Waals surface area contributed by atoms with E-state index >= 15 is 0 Å². The Hall–Kier alpha value is -4.10. The highest BCUT2D eigenvalue weighted by molar-refractivity contribution is 6.13. The van der Waals surface area contributed by atoms with Gasteiger partial charge < -0.3 is 4.42 Å². The highest BCUT2D eigenvalue weighted by Crippen LogP contribution is 2.43. The summed E-state index contributed by atoms with van der Waals surface area (Å²) in [5, 5.41) is 2.37. The van der Waals surface area contributed by atoms with Crippen molar-refractivity contribution in [1.29, 1.82) is 0 Å². The standard InChI is InChI=1S/C35H26O/c1-2-8-23-19-25(16-15-22(23)7-1)29-11-5-13-31-32-14-6-12-30(35(32)36-34(29)31)27-18-17-26-20-24-9-3-4-10-28(24)33(26)21-27/h3-6,9-19,21H,1-2,7-8,20H2. The lowest BCUT2D eigenvalue weighted by Crippen LogP contribution is -2.02. The van der Waals surface area contributed by atoms with Crippen molar-refractivity contribution in [3.63, 3.8) is 0 Å². The normalized spacial score (nSPS) is 14.1. The molecule has 36 heavy (non-hydrogen) atoms. The molecule has 1 aromatic heterocycles. The molecule has 2 aliphatic carbocycles. The predicted molar refractivity (Wildman–Crippen MR) is 149 cm³/mol. The lowest BCUT2D eigenvalue weighted by Gasteiger charge is -2.16. The summed E-state index contributed by atoms with van der Waals surface area (Å²) in [6.45, 7) is 0. The Bertz CT molecular complexity index is 1820. The Morgan fingerprint density at radius 2 is 1.06 bits per heavy atom. The third-order valence-corrected chi connectivity index (χ3v) is 8.29. The topological polar surface area (TPSA) is 13.1 Å². The van der Waals surface area contributed by atoms with Crippen molar-refractivity contribution in [3.8, 4) is 33.4 Å². The second-order valence-corrected chi connectivity index (χ2v) is 10.4. The zero-order valence-electron chi connectivity index (χ0n) is 20.2. The van der Waals surface area contributed by atoms with Gasteiger partial charge in [-0.1, -0.05) is 91.0 Å². The minimum absolute atomic E-state index is 0.976. The van der Waals surface area contributed by atoms with Crippen LogP contribution in [0.1, 0.15) is 35.1 Å². The molecule has 0 atom stereocenters. The van der Waals surface area contributed by atoms with E-state index in [0.29, 0.717) is 0 Å². The summed E-state index contributed by atoms with van der Waals surface area (Å²) in [5.41, 5.74) is 15.3. The average Bonchev–Trinajstić information content (AvgIpc) is 3.51. The molecule has 0 fully saturated rings. The van der Waals surface area contributed by atoms with Gasteiger partial charge in [0.1, 0.15) is 11.2 Å². The molecule has 0 bridgehead atoms. The van der Waals surface area contributed by atoms with E-state index in [1.165, 1.54) is 86.5 Å². The molecule has 0 radical (unpaired) electrons. The van der Waals surface area contributed by atoms with Crippen molar-refractivity contribution < 1.29 is 4.42 Å². The zero-order valence-corrected chi connectivity index (χ0v) is 20.2.